The number of guanidine groups is 1. The molecule has 0 saturated carbocycles. The van der Waals surface area contributed by atoms with Gasteiger partial charge in [0.05, 0.1) is 13.1 Å². The van der Waals surface area contributed by atoms with E-state index >= 15 is 0 Å². The van der Waals surface area contributed by atoms with Gasteiger partial charge in [0.25, 0.3) is 0 Å². The third-order valence-corrected chi connectivity index (χ3v) is 3.93. The van der Waals surface area contributed by atoms with Crippen LogP contribution in [0.15, 0.2) is 46.8 Å². The molecule has 0 spiro atoms. The Bertz CT molecular complexity index is 671. The molecule has 3 N–H and O–H groups in total. The molecule has 0 aliphatic carbocycles. The van der Waals surface area contributed by atoms with Crippen LogP contribution in [0.5, 0.6) is 5.75 Å². The minimum Gasteiger partial charge on any atom is -0.492 e. The highest BCUT2D eigenvalue weighted by molar-refractivity contribution is 7.09. The van der Waals surface area contributed by atoms with E-state index in [1.165, 1.54) is 11.8 Å². The number of thiophene rings is 1. The summed E-state index contributed by atoms with van der Waals surface area (Å²) in [6.45, 7) is 3.33. The Morgan fingerprint density at radius 2 is 2.12 bits per heavy atom. The minimum absolute atomic E-state index is 0.102. The van der Waals surface area contributed by atoms with E-state index in [1.807, 2.05) is 24.3 Å². The van der Waals surface area contributed by atoms with Crippen LogP contribution in [0, 0.1) is 0 Å². The summed E-state index contributed by atoms with van der Waals surface area (Å²) in [6, 6.07) is 11.4. The van der Waals surface area contributed by atoms with Gasteiger partial charge in [0.2, 0.25) is 5.91 Å². The summed E-state index contributed by atoms with van der Waals surface area (Å²) in [6.07, 6.45) is 0. The molecule has 0 radical (unpaired) electrons. The van der Waals surface area contributed by atoms with E-state index in [-0.39, 0.29) is 5.91 Å². The summed E-state index contributed by atoms with van der Waals surface area (Å²) < 4.78 is 5.68. The van der Waals surface area contributed by atoms with Gasteiger partial charge in [0.15, 0.2) is 5.96 Å². The first-order chi connectivity index (χ1) is 11.7. The monoisotopic (exact) mass is 346 g/mol. The molecule has 1 amide bonds. The van der Waals surface area contributed by atoms with E-state index in [0.29, 0.717) is 18.9 Å². The van der Waals surface area contributed by atoms with Gasteiger partial charge in [0, 0.05) is 30.6 Å². The SMILES string of the molecule is CN=C(NCCOc1cccc(NC(C)=O)c1)NCc1cccs1. The Balaban J connectivity index is 1.70. The van der Waals surface area contributed by atoms with Crippen LogP contribution in [0.2, 0.25) is 0 Å². The highest BCUT2D eigenvalue weighted by Gasteiger charge is 2.01. The van der Waals surface area contributed by atoms with E-state index in [2.05, 4.69) is 32.4 Å². The van der Waals surface area contributed by atoms with E-state index in [1.54, 1.807) is 24.5 Å². The van der Waals surface area contributed by atoms with Crippen molar-refractivity contribution in [3.05, 3.63) is 46.7 Å². The molecule has 0 bridgehead atoms. The quantitative estimate of drug-likeness (QED) is 0.409. The number of ether oxygens (including phenoxy) is 1. The number of anilines is 1. The summed E-state index contributed by atoms with van der Waals surface area (Å²) in [5.41, 5.74) is 0.724. The lowest BCUT2D eigenvalue weighted by atomic mass is 10.3. The van der Waals surface area contributed by atoms with Gasteiger partial charge in [-0.3, -0.25) is 9.79 Å². The summed E-state index contributed by atoms with van der Waals surface area (Å²) in [7, 11) is 1.74. The maximum Gasteiger partial charge on any atom is 0.221 e. The lowest BCUT2D eigenvalue weighted by Gasteiger charge is -2.12. The summed E-state index contributed by atoms with van der Waals surface area (Å²) in [4.78, 5) is 16.5. The third-order valence-electron chi connectivity index (χ3n) is 3.05. The minimum atomic E-state index is -0.102. The van der Waals surface area contributed by atoms with Crippen LogP contribution in [0.1, 0.15) is 11.8 Å². The predicted octanol–water partition coefficient (Wildman–Crippen LogP) is 2.45. The number of carbonyl (C=O) groups is 1. The average molecular weight is 346 g/mol. The number of benzene rings is 1. The fourth-order valence-electron chi connectivity index (χ4n) is 2.01. The molecule has 1 heterocycles. The molecular weight excluding hydrogens is 324 g/mol. The van der Waals surface area contributed by atoms with Crippen LogP contribution < -0.4 is 20.7 Å². The summed E-state index contributed by atoms with van der Waals surface area (Å²) in [5, 5.41) is 11.2. The van der Waals surface area contributed by atoms with Gasteiger partial charge >= 0.3 is 0 Å². The Morgan fingerprint density at radius 1 is 1.25 bits per heavy atom. The number of aliphatic imine (C=N–C) groups is 1. The number of amides is 1. The van der Waals surface area contributed by atoms with Gasteiger partial charge < -0.3 is 20.7 Å². The normalized spacial score (nSPS) is 11.0. The van der Waals surface area contributed by atoms with Crippen LogP contribution in [0.25, 0.3) is 0 Å². The van der Waals surface area contributed by atoms with Gasteiger partial charge in [0.1, 0.15) is 12.4 Å². The highest BCUT2D eigenvalue weighted by atomic mass is 32.1. The molecule has 2 rings (SSSR count). The van der Waals surface area contributed by atoms with E-state index in [4.69, 9.17) is 4.74 Å². The zero-order valence-corrected chi connectivity index (χ0v) is 14.7. The molecule has 24 heavy (non-hydrogen) atoms. The van der Waals surface area contributed by atoms with Crippen molar-refractivity contribution < 1.29 is 9.53 Å². The molecule has 1 aromatic carbocycles. The first-order valence-corrected chi connectivity index (χ1v) is 8.52. The fraction of sp³-hybridized carbons (Fsp3) is 0.294. The van der Waals surface area contributed by atoms with Crippen molar-refractivity contribution in [3.63, 3.8) is 0 Å². The number of carbonyl (C=O) groups excluding carboxylic acids is 1. The number of rotatable bonds is 7. The smallest absolute Gasteiger partial charge is 0.221 e. The molecule has 0 unspecified atom stereocenters. The number of hydrogen-bond donors (Lipinski definition) is 3. The number of nitrogens with zero attached hydrogens (tertiary/aromatic N) is 1. The molecular formula is C17H22N4O2S. The third kappa shape index (κ3) is 6.29. The largest absolute Gasteiger partial charge is 0.492 e. The maximum absolute atomic E-state index is 11.1. The molecule has 0 atom stereocenters. The molecule has 0 saturated heterocycles. The highest BCUT2D eigenvalue weighted by Crippen LogP contribution is 2.17. The lowest BCUT2D eigenvalue weighted by molar-refractivity contribution is -0.114. The standard InChI is InChI=1S/C17H22N4O2S/c1-13(22)21-14-5-3-6-15(11-14)23-9-8-19-17(18-2)20-12-16-7-4-10-24-16/h3-7,10-11H,8-9,12H2,1-2H3,(H,21,22)(H2,18,19,20). The second kappa shape index (κ2) is 9.57. The van der Waals surface area contributed by atoms with Gasteiger partial charge in [-0.05, 0) is 23.6 Å². The van der Waals surface area contributed by atoms with Crippen LogP contribution in [0.4, 0.5) is 5.69 Å². The van der Waals surface area contributed by atoms with Crippen molar-refractivity contribution in [1.82, 2.24) is 10.6 Å². The zero-order valence-electron chi connectivity index (χ0n) is 13.8. The zero-order chi connectivity index (χ0) is 17.2. The number of nitrogens with one attached hydrogen (secondary N) is 3. The molecule has 2 aromatic rings. The number of hydrogen-bond acceptors (Lipinski definition) is 4. The van der Waals surface area contributed by atoms with Crippen molar-refractivity contribution in [3.8, 4) is 5.75 Å². The van der Waals surface area contributed by atoms with Gasteiger partial charge in [-0.25, -0.2) is 0 Å². The van der Waals surface area contributed by atoms with Crippen molar-refractivity contribution in [1.29, 1.82) is 0 Å². The molecule has 6 nitrogen and oxygen atoms in total. The van der Waals surface area contributed by atoms with Gasteiger partial charge in [-0.2, -0.15) is 0 Å². The van der Waals surface area contributed by atoms with E-state index < -0.39 is 0 Å². The molecule has 0 aliphatic rings. The van der Waals surface area contributed by atoms with Crippen molar-refractivity contribution in [2.24, 2.45) is 4.99 Å². The van der Waals surface area contributed by atoms with Crippen molar-refractivity contribution in [2.75, 3.05) is 25.5 Å². The van der Waals surface area contributed by atoms with Crippen LogP contribution in [-0.4, -0.2) is 32.1 Å². The molecule has 128 valence electrons. The average Bonchev–Trinajstić information content (AvgIpc) is 3.07. The second-order valence-electron chi connectivity index (χ2n) is 4.99. The molecule has 0 aliphatic heterocycles. The Labute approximate surface area is 146 Å². The fourth-order valence-corrected chi connectivity index (χ4v) is 2.65. The molecule has 7 heteroatoms. The first kappa shape index (κ1) is 17.8. The van der Waals surface area contributed by atoms with Crippen LogP contribution >= 0.6 is 11.3 Å². The van der Waals surface area contributed by atoms with Crippen LogP contribution in [0.3, 0.4) is 0 Å². The van der Waals surface area contributed by atoms with Gasteiger partial charge in [-0.15, -0.1) is 11.3 Å². The predicted molar refractivity (Wildman–Crippen MR) is 98.8 cm³/mol. The van der Waals surface area contributed by atoms with E-state index in [9.17, 15) is 4.79 Å². The lowest BCUT2D eigenvalue weighted by Crippen LogP contribution is -2.38. The molecule has 1 aromatic heterocycles. The summed E-state index contributed by atoms with van der Waals surface area (Å²) in [5.74, 6) is 1.35. The van der Waals surface area contributed by atoms with Gasteiger partial charge in [-0.1, -0.05) is 12.1 Å². The summed E-state index contributed by atoms with van der Waals surface area (Å²) >= 11 is 1.71. The van der Waals surface area contributed by atoms with E-state index in [0.717, 1.165) is 18.2 Å². The first-order valence-electron chi connectivity index (χ1n) is 7.64. The second-order valence-corrected chi connectivity index (χ2v) is 6.02. The van der Waals surface area contributed by atoms with Crippen molar-refractivity contribution >= 4 is 28.9 Å². The Hall–Kier alpha value is -2.54. The van der Waals surface area contributed by atoms with Crippen molar-refractivity contribution in [2.45, 2.75) is 13.5 Å². The van der Waals surface area contributed by atoms with Crippen LogP contribution in [-0.2, 0) is 11.3 Å². The molecule has 0 fully saturated rings. The Morgan fingerprint density at radius 3 is 2.83 bits per heavy atom. The maximum atomic E-state index is 11.1. The topological polar surface area (TPSA) is 74.8 Å². The Kier molecular flexibility index (Phi) is 7.10.